The highest BCUT2D eigenvalue weighted by Crippen LogP contribution is 2.25. The molecule has 0 saturated carbocycles. The Balaban J connectivity index is 4.63. The van der Waals surface area contributed by atoms with E-state index in [1.165, 1.54) is 0 Å². The first kappa shape index (κ1) is 15.4. The summed E-state index contributed by atoms with van der Waals surface area (Å²) in [7, 11) is 0. The van der Waals surface area contributed by atoms with Crippen molar-refractivity contribution in [2.75, 3.05) is 6.54 Å². The summed E-state index contributed by atoms with van der Waals surface area (Å²) in [6.45, 7) is 7.52. The van der Waals surface area contributed by atoms with E-state index in [1.807, 2.05) is 13.0 Å². The van der Waals surface area contributed by atoms with Gasteiger partial charge in [-0.15, -0.1) is 0 Å². The molecule has 0 aromatic rings. The molecule has 0 aliphatic carbocycles. The highest BCUT2D eigenvalue weighted by molar-refractivity contribution is 5.91. The number of carbonyl (C=O) groups is 2. The minimum absolute atomic E-state index is 0.236. The second kappa shape index (κ2) is 6.89. The molecule has 0 bridgehead atoms. The maximum absolute atomic E-state index is 12.0. The maximum atomic E-state index is 12.0. The minimum Gasteiger partial charge on any atom is -0.355 e. The summed E-state index contributed by atoms with van der Waals surface area (Å²) < 4.78 is 0. The molecule has 0 rings (SSSR count). The lowest BCUT2D eigenvalue weighted by molar-refractivity contribution is -0.133. The molecule has 0 fully saturated rings. The van der Waals surface area contributed by atoms with Gasteiger partial charge in [-0.3, -0.25) is 9.59 Å². The first-order chi connectivity index (χ1) is 7.97. The molecule has 1 unspecified atom stereocenters. The number of likely N-dealkylation sites (N-methyl/N-ethyl adjacent to an activating group) is 1. The van der Waals surface area contributed by atoms with Crippen molar-refractivity contribution in [3.8, 4) is 6.07 Å². The van der Waals surface area contributed by atoms with Gasteiger partial charge in [-0.2, -0.15) is 5.26 Å². The molecular weight excluding hydrogens is 218 g/mol. The number of nitriles is 1. The first-order valence-corrected chi connectivity index (χ1v) is 5.97. The number of carbonyl (C=O) groups excluding carboxylic acids is 2. The molecule has 5 nitrogen and oxygen atoms in total. The van der Waals surface area contributed by atoms with Crippen LogP contribution in [0.25, 0.3) is 0 Å². The maximum Gasteiger partial charge on any atom is 0.242 e. The largest absolute Gasteiger partial charge is 0.355 e. The van der Waals surface area contributed by atoms with Crippen LogP contribution in [0, 0.1) is 16.7 Å². The van der Waals surface area contributed by atoms with Gasteiger partial charge in [0.05, 0.1) is 6.07 Å². The van der Waals surface area contributed by atoms with Crippen LogP contribution in [0.5, 0.6) is 0 Å². The summed E-state index contributed by atoms with van der Waals surface area (Å²) in [5.74, 6) is -0.608. The van der Waals surface area contributed by atoms with Crippen molar-refractivity contribution in [3.05, 3.63) is 0 Å². The Morgan fingerprint density at radius 2 is 1.82 bits per heavy atom. The highest BCUT2D eigenvalue weighted by Gasteiger charge is 2.36. The van der Waals surface area contributed by atoms with Crippen molar-refractivity contribution in [2.45, 2.75) is 46.6 Å². The van der Waals surface area contributed by atoms with Gasteiger partial charge >= 0.3 is 0 Å². The molecule has 2 N–H and O–H groups in total. The van der Waals surface area contributed by atoms with Gasteiger partial charge in [-0.1, -0.05) is 13.8 Å². The van der Waals surface area contributed by atoms with Gasteiger partial charge in [0, 0.05) is 6.54 Å². The fourth-order valence-corrected chi connectivity index (χ4v) is 1.51. The Morgan fingerprint density at radius 3 is 2.18 bits per heavy atom. The zero-order chi connectivity index (χ0) is 13.5. The number of rotatable bonds is 6. The number of hydrogen-bond acceptors (Lipinski definition) is 3. The summed E-state index contributed by atoms with van der Waals surface area (Å²) in [5.41, 5.74) is -1.03. The zero-order valence-corrected chi connectivity index (χ0v) is 11.0. The number of amides is 2. The normalized spacial score (nSPS) is 12.4. The van der Waals surface area contributed by atoms with Crippen LogP contribution in [0.3, 0.4) is 0 Å². The molecule has 2 amide bonds. The zero-order valence-electron chi connectivity index (χ0n) is 11.0. The Morgan fingerprint density at radius 1 is 1.29 bits per heavy atom. The average molecular weight is 239 g/mol. The van der Waals surface area contributed by atoms with Crippen LogP contribution in [0.15, 0.2) is 0 Å². The van der Waals surface area contributed by atoms with Crippen LogP contribution in [0.4, 0.5) is 0 Å². The lowest BCUT2D eigenvalue weighted by Gasteiger charge is -2.24. The molecule has 0 radical (unpaired) electrons. The molecule has 0 aliphatic heterocycles. The Labute approximate surface area is 103 Å². The fourth-order valence-electron chi connectivity index (χ4n) is 1.51. The molecule has 0 aliphatic rings. The van der Waals surface area contributed by atoms with Crippen molar-refractivity contribution in [3.63, 3.8) is 0 Å². The van der Waals surface area contributed by atoms with Gasteiger partial charge in [0.2, 0.25) is 11.8 Å². The molecule has 0 spiro atoms. The van der Waals surface area contributed by atoms with Crippen LogP contribution in [-0.4, -0.2) is 24.4 Å². The topological polar surface area (TPSA) is 82.0 Å². The third kappa shape index (κ3) is 3.74. The van der Waals surface area contributed by atoms with Gasteiger partial charge in [0.1, 0.15) is 11.5 Å². The van der Waals surface area contributed by atoms with Crippen molar-refractivity contribution in [1.29, 1.82) is 5.26 Å². The SMILES string of the molecule is CCNC(=O)C(C)NC(=O)C(C#N)(CC)CC. The molecule has 17 heavy (non-hydrogen) atoms. The summed E-state index contributed by atoms with van der Waals surface area (Å²) >= 11 is 0. The molecular formula is C12H21N3O2. The van der Waals surface area contributed by atoms with E-state index in [1.54, 1.807) is 20.8 Å². The van der Waals surface area contributed by atoms with E-state index in [-0.39, 0.29) is 11.8 Å². The number of nitrogens with one attached hydrogen (secondary N) is 2. The quantitative estimate of drug-likeness (QED) is 0.724. The second-order valence-electron chi connectivity index (χ2n) is 3.99. The molecule has 5 heteroatoms. The van der Waals surface area contributed by atoms with Gasteiger partial charge in [0.25, 0.3) is 0 Å². The lowest BCUT2D eigenvalue weighted by Crippen LogP contribution is -2.49. The van der Waals surface area contributed by atoms with E-state index >= 15 is 0 Å². The predicted molar refractivity (Wildman–Crippen MR) is 64.9 cm³/mol. The van der Waals surface area contributed by atoms with Crippen LogP contribution in [-0.2, 0) is 9.59 Å². The highest BCUT2D eigenvalue weighted by atomic mass is 16.2. The number of hydrogen-bond donors (Lipinski definition) is 2. The monoisotopic (exact) mass is 239 g/mol. The molecule has 1 atom stereocenters. The van der Waals surface area contributed by atoms with E-state index in [9.17, 15) is 9.59 Å². The lowest BCUT2D eigenvalue weighted by atomic mass is 9.83. The van der Waals surface area contributed by atoms with Crippen molar-refractivity contribution >= 4 is 11.8 Å². The third-order valence-electron chi connectivity index (χ3n) is 2.95. The summed E-state index contributed by atoms with van der Waals surface area (Å²) in [5, 5.41) is 14.3. The Hall–Kier alpha value is -1.57. The summed E-state index contributed by atoms with van der Waals surface area (Å²) in [4.78, 5) is 23.4. The van der Waals surface area contributed by atoms with Crippen LogP contribution in [0.2, 0.25) is 0 Å². The molecule has 0 aromatic heterocycles. The summed E-state index contributed by atoms with van der Waals surface area (Å²) in [6.07, 6.45) is 0.877. The van der Waals surface area contributed by atoms with E-state index in [4.69, 9.17) is 5.26 Å². The standard InChI is InChI=1S/C12H21N3O2/c1-5-12(6-2,8-13)11(17)15-9(4)10(16)14-7-3/h9H,5-7H2,1-4H3,(H,14,16)(H,15,17). The van der Waals surface area contributed by atoms with Gasteiger partial charge in [-0.25, -0.2) is 0 Å². The van der Waals surface area contributed by atoms with Crippen molar-refractivity contribution < 1.29 is 9.59 Å². The summed E-state index contributed by atoms with van der Waals surface area (Å²) in [6, 6.07) is 1.43. The van der Waals surface area contributed by atoms with E-state index in [0.29, 0.717) is 19.4 Å². The predicted octanol–water partition coefficient (Wildman–Crippen LogP) is 0.957. The Bertz CT molecular complexity index is 316. The van der Waals surface area contributed by atoms with Gasteiger partial charge in [0.15, 0.2) is 0 Å². The second-order valence-corrected chi connectivity index (χ2v) is 3.99. The van der Waals surface area contributed by atoms with E-state index < -0.39 is 11.5 Å². The average Bonchev–Trinajstić information content (AvgIpc) is 2.32. The smallest absolute Gasteiger partial charge is 0.242 e. The minimum atomic E-state index is -1.03. The van der Waals surface area contributed by atoms with Crippen molar-refractivity contribution in [2.24, 2.45) is 5.41 Å². The van der Waals surface area contributed by atoms with Crippen LogP contribution < -0.4 is 10.6 Å². The molecule has 96 valence electrons. The van der Waals surface area contributed by atoms with Crippen LogP contribution in [0.1, 0.15) is 40.5 Å². The molecule has 0 heterocycles. The third-order valence-corrected chi connectivity index (χ3v) is 2.95. The Kier molecular flexibility index (Phi) is 6.26. The van der Waals surface area contributed by atoms with Gasteiger partial charge < -0.3 is 10.6 Å². The van der Waals surface area contributed by atoms with Crippen molar-refractivity contribution in [1.82, 2.24) is 10.6 Å². The molecule has 0 saturated heterocycles. The fraction of sp³-hybridized carbons (Fsp3) is 0.750. The molecule has 0 aromatic carbocycles. The van der Waals surface area contributed by atoms with Gasteiger partial charge in [-0.05, 0) is 26.7 Å². The van der Waals surface area contributed by atoms with Crippen LogP contribution >= 0.6 is 0 Å². The van der Waals surface area contributed by atoms with E-state index in [0.717, 1.165) is 0 Å². The first-order valence-electron chi connectivity index (χ1n) is 5.97. The van der Waals surface area contributed by atoms with E-state index in [2.05, 4.69) is 10.6 Å². The number of nitrogens with zero attached hydrogens (tertiary/aromatic N) is 1.